The molecule has 2 nitrogen and oxygen atoms in total. The van der Waals surface area contributed by atoms with E-state index in [0.29, 0.717) is 6.61 Å². The van der Waals surface area contributed by atoms with Crippen molar-refractivity contribution in [1.82, 2.24) is 0 Å². The molecule has 0 aliphatic heterocycles. The van der Waals surface area contributed by atoms with Crippen LogP contribution in [0.4, 0.5) is 0 Å². The molecule has 0 aromatic heterocycles. The molecule has 0 bridgehead atoms. The van der Waals surface area contributed by atoms with Crippen LogP contribution in [0, 0.1) is 0 Å². The maximum absolute atomic E-state index is 10.6. The molecule has 0 N–H and O–H groups in total. The van der Waals surface area contributed by atoms with Crippen molar-refractivity contribution in [2.24, 2.45) is 0 Å². The van der Waals surface area contributed by atoms with Gasteiger partial charge in [0.1, 0.15) is 0 Å². The Morgan fingerprint density at radius 1 is 0.667 bits per heavy atom. The second-order valence-electron chi connectivity index (χ2n) is 6.98. The van der Waals surface area contributed by atoms with Gasteiger partial charge in [0.2, 0.25) is 0 Å². The summed E-state index contributed by atoms with van der Waals surface area (Å²) in [6, 6.07) is 0. The number of unbranched alkanes of at least 4 members (excludes halogenated alkanes) is 14. The zero-order valence-electron chi connectivity index (χ0n) is 16.5. The van der Waals surface area contributed by atoms with Gasteiger partial charge in [-0.1, -0.05) is 89.7 Å². The molecular weight excluding hydrogens is 296 g/mol. The summed E-state index contributed by atoms with van der Waals surface area (Å²) in [5, 5.41) is 0. The number of hydrogen-bond acceptors (Lipinski definition) is 2. The van der Waals surface area contributed by atoms with Crippen LogP contribution >= 0.6 is 0 Å². The highest BCUT2D eigenvalue weighted by Gasteiger charge is 1.93. The number of rotatable bonds is 18. The largest absolute Gasteiger partial charge is 0.466 e. The van der Waals surface area contributed by atoms with Crippen LogP contribution in [0.2, 0.25) is 0 Å². The lowest BCUT2D eigenvalue weighted by atomic mass is 10.0. The quantitative estimate of drug-likeness (QED) is 0.148. The summed E-state index contributed by atoms with van der Waals surface area (Å²) < 4.78 is 4.91. The number of carbonyl (C=O) groups excluding carboxylic acids is 1. The molecule has 0 amide bonds. The van der Waals surface area contributed by atoms with Crippen LogP contribution in [-0.2, 0) is 9.53 Å². The molecule has 0 rings (SSSR count). The Morgan fingerprint density at radius 2 is 1.08 bits per heavy atom. The van der Waals surface area contributed by atoms with Gasteiger partial charge in [0.05, 0.1) is 6.61 Å². The number of hydrogen-bond donors (Lipinski definition) is 0. The van der Waals surface area contributed by atoms with E-state index in [1.54, 1.807) is 0 Å². The second-order valence-corrected chi connectivity index (χ2v) is 6.98. The first-order chi connectivity index (χ1) is 11.8. The van der Waals surface area contributed by atoms with E-state index in [1.165, 1.54) is 90.4 Å². The standard InChI is InChI=1S/C22H42O2/c1-3-4-5-6-7-8-9-10-11-12-13-14-15-16-17-18-19-20-21-24-22(2)23/h16-17H,3-15,18-21H2,1-2H3. The molecule has 142 valence electrons. The highest BCUT2D eigenvalue weighted by Crippen LogP contribution is 2.12. The first kappa shape index (κ1) is 23.2. The van der Waals surface area contributed by atoms with E-state index in [9.17, 15) is 4.79 Å². The molecule has 0 aliphatic carbocycles. The zero-order chi connectivity index (χ0) is 17.7. The molecule has 0 aromatic carbocycles. The van der Waals surface area contributed by atoms with Gasteiger partial charge in [-0.3, -0.25) is 4.79 Å². The van der Waals surface area contributed by atoms with Crippen LogP contribution in [0.25, 0.3) is 0 Å². The fourth-order valence-electron chi connectivity index (χ4n) is 2.92. The van der Waals surface area contributed by atoms with Crippen LogP contribution in [0.5, 0.6) is 0 Å². The third-order valence-electron chi connectivity index (χ3n) is 4.46. The summed E-state index contributed by atoms with van der Waals surface area (Å²) >= 11 is 0. The van der Waals surface area contributed by atoms with Crippen LogP contribution in [0.3, 0.4) is 0 Å². The molecule has 2 heteroatoms. The molecule has 0 aliphatic rings. The Hall–Kier alpha value is -0.790. The normalized spacial score (nSPS) is 11.2. The third-order valence-corrected chi connectivity index (χ3v) is 4.46. The number of esters is 1. The molecular formula is C22H42O2. The van der Waals surface area contributed by atoms with E-state index in [2.05, 4.69) is 19.1 Å². The summed E-state index contributed by atoms with van der Waals surface area (Å²) in [6.45, 7) is 4.32. The topological polar surface area (TPSA) is 26.3 Å². The lowest BCUT2D eigenvalue weighted by Crippen LogP contribution is -1.99. The predicted octanol–water partition coefficient (Wildman–Crippen LogP) is 7.37. The first-order valence-corrected chi connectivity index (χ1v) is 10.6. The van der Waals surface area contributed by atoms with E-state index in [-0.39, 0.29) is 5.97 Å². The first-order valence-electron chi connectivity index (χ1n) is 10.6. The Balaban J connectivity index is 3.06. The van der Waals surface area contributed by atoms with Crippen LogP contribution in [-0.4, -0.2) is 12.6 Å². The highest BCUT2D eigenvalue weighted by molar-refractivity contribution is 5.65. The minimum Gasteiger partial charge on any atom is -0.466 e. The molecule has 0 radical (unpaired) electrons. The smallest absolute Gasteiger partial charge is 0.302 e. The van der Waals surface area contributed by atoms with Gasteiger partial charge < -0.3 is 4.74 Å². The summed E-state index contributed by atoms with van der Waals surface area (Å²) in [4.78, 5) is 10.6. The number of ether oxygens (including phenoxy) is 1. The summed E-state index contributed by atoms with van der Waals surface area (Å²) in [6.07, 6.45) is 26.0. The van der Waals surface area contributed by atoms with Crippen molar-refractivity contribution >= 4 is 5.97 Å². The van der Waals surface area contributed by atoms with E-state index in [4.69, 9.17) is 4.74 Å². The van der Waals surface area contributed by atoms with Gasteiger partial charge in [-0.2, -0.15) is 0 Å². The van der Waals surface area contributed by atoms with Crippen molar-refractivity contribution in [2.75, 3.05) is 6.61 Å². The van der Waals surface area contributed by atoms with Crippen molar-refractivity contribution in [3.8, 4) is 0 Å². The van der Waals surface area contributed by atoms with E-state index < -0.39 is 0 Å². The molecule has 0 atom stereocenters. The number of carbonyl (C=O) groups is 1. The Bertz CT molecular complexity index is 284. The Morgan fingerprint density at radius 3 is 1.54 bits per heavy atom. The monoisotopic (exact) mass is 338 g/mol. The maximum atomic E-state index is 10.6. The SMILES string of the molecule is CCCCCCCCCCCCCCC=CCCCCOC(C)=O. The molecule has 24 heavy (non-hydrogen) atoms. The van der Waals surface area contributed by atoms with Crippen molar-refractivity contribution in [2.45, 2.75) is 117 Å². The lowest BCUT2D eigenvalue weighted by molar-refractivity contribution is -0.141. The average molecular weight is 339 g/mol. The summed E-state index contributed by atoms with van der Waals surface area (Å²) in [5.41, 5.74) is 0. The molecule has 0 heterocycles. The molecule has 0 saturated heterocycles. The van der Waals surface area contributed by atoms with Gasteiger partial charge in [0, 0.05) is 6.92 Å². The highest BCUT2D eigenvalue weighted by atomic mass is 16.5. The van der Waals surface area contributed by atoms with Crippen molar-refractivity contribution < 1.29 is 9.53 Å². The van der Waals surface area contributed by atoms with Gasteiger partial charge in [-0.15, -0.1) is 0 Å². The number of allylic oxidation sites excluding steroid dienone is 2. The predicted molar refractivity (Wildman–Crippen MR) is 105 cm³/mol. The van der Waals surface area contributed by atoms with Crippen LogP contribution < -0.4 is 0 Å². The van der Waals surface area contributed by atoms with E-state index >= 15 is 0 Å². The van der Waals surface area contributed by atoms with Gasteiger partial charge in [-0.05, 0) is 32.1 Å². The van der Waals surface area contributed by atoms with Crippen LogP contribution in [0.15, 0.2) is 12.2 Å². The van der Waals surface area contributed by atoms with Crippen molar-refractivity contribution in [1.29, 1.82) is 0 Å². The van der Waals surface area contributed by atoms with Crippen molar-refractivity contribution in [3.05, 3.63) is 12.2 Å². The van der Waals surface area contributed by atoms with Gasteiger partial charge in [0.15, 0.2) is 0 Å². The summed E-state index contributed by atoms with van der Waals surface area (Å²) in [5.74, 6) is -0.169. The van der Waals surface area contributed by atoms with Crippen LogP contribution in [0.1, 0.15) is 117 Å². The fraction of sp³-hybridized carbons (Fsp3) is 0.864. The minimum atomic E-state index is -0.169. The lowest BCUT2D eigenvalue weighted by Gasteiger charge is -2.02. The average Bonchev–Trinajstić information content (AvgIpc) is 2.56. The van der Waals surface area contributed by atoms with Gasteiger partial charge in [0.25, 0.3) is 0 Å². The fourth-order valence-corrected chi connectivity index (χ4v) is 2.92. The molecule has 0 unspecified atom stereocenters. The van der Waals surface area contributed by atoms with E-state index in [1.807, 2.05) is 0 Å². The molecule has 0 fully saturated rings. The van der Waals surface area contributed by atoms with E-state index in [0.717, 1.165) is 19.3 Å². The van der Waals surface area contributed by atoms with Gasteiger partial charge >= 0.3 is 5.97 Å². The minimum absolute atomic E-state index is 0.169. The Labute approximate surface area is 151 Å². The van der Waals surface area contributed by atoms with Gasteiger partial charge in [-0.25, -0.2) is 0 Å². The molecule has 0 spiro atoms. The zero-order valence-corrected chi connectivity index (χ0v) is 16.5. The Kier molecular flexibility index (Phi) is 19.6. The summed E-state index contributed by atoms with van der Waals surface area (Å²) in [7, 11) is 0. The third kappa shape index (κ3) is 21.2. The second kappa shape index (κ2) is 20.3. The maximum Gasteiger partial charge on any atom is 0.302 e. The molecule has 0 aromatic rings. The molecule has 0 saturated carbocycles. The van der Waals surface area contributed by atoms with Crippen molar-refractivity contribution in [3.63, 3.8) is 0 Å².